The third-order valence-electron chi connectivity index (χ3n) is 3.11. The highest BCUT2D eigenvalue weighted by atomic mass is 79.9. The second-order valence-electron chi connectivity index (χ2n) is 4.47. The lowest BCUT2D eigenvalue weighted by Gasteiger charge is -2.09. The first-order valence-corrected chi connectivity index (χ1v) is 6.77. The van der Waals surface area contributed by atoms with Crippen LogP contribution in [0.25, 0.3) is 0 Å². The molecule has 0 aliphatic rings. The molecule has 0 amide bonds. The van der Waals surface area contributed by atoms with Crippen LogP contribution in [0.4, 0.5) is 0 Å². The average Bonchev–Trinajstić information content (AvgIpc) is 2.37. The fourth-order valence-corrected chi connectivity index (χ4v) is 2.52. The largest absolute Gasteiger partial charge is 0.497 e. The molecule has 0 saturated carbocycles. The third kappa shape index (κ3) is 2.87. The number of ether oxygens (including phenoxy) is 1. The molecule has 0 unspecified atom stereocenters. The minimum Gasteiger partial charge on any atom is -0.497 e. The maximum atomic E-state index is 12.5. The van der Waals surface area contributed by atoms with Gasteiger partial charge in [0.15, 0.2) is 5.78 Å². The summed E-state index contributed by atoms with van der Waals surface area (Å²) in [5.41, 5.74) is 3.34. The average molecular weight is 319 g/mol. The molecule has 0 saturated heterocycles. The maximum Gasteiger partial charge on any atom is 0.193 e. The van der Waals surface area contributed by atoms with Crippen LogP contribution in [0.15, 0.2) is 40.9 Å². The van der Waals surface area contributed by atoms with Gasteiger partial charge in [-0.15, -0.1) is 0 Å². The number of rotatable bonds is 3. The van der Waals surface area contributed by atoms with Gasteiger partial charge in [-0.3, -0.25) is 4.79 Å². The van der Waals surface area contributed by atoms with Crippen molar-refractivity contribution in [2.45, 2.75) is 13.8 Å². The number of aryl methyl sites for hydroxylation is 2. The quantitative estimate of drug-likeness (QED) is 0.788. The molecule has 98 valence electrons. The van der Waals surface area contributed by atoms with E-state index in [9.17, 15) is 4.79 Å². The Kier molecular flexibility index (Phi) is 4.05. The van der Waals surface area contributed by atoms with E-state index >= 15 is 0 Å². The standard InChI is InChI=1S/C16H15BrO2/c1-10-8-12(17)4-6-14(10)16(18)15-7-5-13(19-3)9-11(15)2/h4-9H,1-3H3. The molecule has 3 heteroatoms. The van der Waals surface area contributed by atoms with Crippen molar-refractivity contribution in [2.24, 2.45) is 0 Å². The van der Waals surface area contributed by atoms with Gasteiger partial charge in [0.05, 0.1) is 7.11 Å². The first-order chi connectivity index (χ1) is 9.02. The summed E-state index contributed by atoms with van der Waals surface area (Å²) in [4.78, 5) is 12.5. The Labute approximate surface area is 121 Å². The number of carbonyl (C=O) groups excluding carboxylic acids is 1. The second kappa shape index (κ2) is 5.57. The van der Waals surface area contributed by atoms with Crippen molar-refractivity contribution in [2.75, 3.05) is 7.11 Å². The molecule has 0 aliphatic heterocycles. The van der Waals surface area contributed by atoms with Crippen LogP contribution in [0.3, 0.4) is 0 Å². The number of halogens is 1. The van der Waals surface area contributed by atoms with E-state index in [1.165, 1.54) is 0 Å². The van der Waals surface area contributed by atoms with Crippen molar-refractivity contribution in [3.63, 3.8) is 0 Å². The van der Waals surface area contributed by atoms with Crippen LogP contribution in [-0.4, -0.2) is 12.9 Å². The Hall–Kier alpha value is -1.61. The van der Waals surface area contributed by atoms with Crippen LogP contribution in [0.1, 0.15) is 27.0 Å². The fraction of sp³-hybridized carbons (Fsp3) is 0.188. The predicted molar refractivity (Wildman–Crippen MR) is 80.0 cm³/mol. The van der Waals surface area contributed by atoms with Gasteiger partial charge < -0.3 is 4.74 Å². The van der Waals surface area contributed by atoms with Gasteiger partial charge in [0.25, 0.3) is 0 Å². The number of methoxy groups -OCH3 is 1. The molecule has 0 radical (unpaired) electrons. The molecule has 0 aromatic heterocycles. The SMILES string of the molecule is COc1ccc(C(=O)c2ccc(Br)cc2C)c(C)c1. The monoisotopic (exact) mass is 318 g/mol. The topological polar surface area (TPSA) is 26.3 Å². The van der Waals surface area contributed by atoms with Gasteiger partial charge in [0.1, 0.15) is 5.75 Å². The summed E-state index contributed by atoms with van der Waals surface area (Å²) in [6, 6.07) is 11.2. The van der Waals surface area contributed by atoms with Gasteiger partial charge in [0.2, 0.25) is 0 Å². The van der Waals surface area contributed by atoms with Gasteiger partial charge >= 0.3 is 0 Å². The molecule has 0 atom stereocenters. The minimum atomic E-state index is 0.0464. The number of hydrogen-bond donors (Lipinski definition) is 0. The van der Waals surface area contributed by atoms with Crippen LogP contribution in [0, 0.1) is 13.8 Å². The maximum absolute atomic E-state index is 12.5. The molecule has 2 rings (SSSR count). The summed E-state index contributed by atoms with van der Waals surface area (Å²) in [5, 5.41) is 0. The number of ketones is 1. The third-order valence-corrected chi connectivity index (χ3v) is 3.60. The highest BCUT2D eigenvalue weighted by molar-refractivity contribution is 9.10. The van der Waals surface area contributed by atoms with Crippen LogP contribution >= 0.6 is 15.9 Å². The van der Waals surface area contributed by atoms with Crippen molar-refractivity contribution >= 4 is 21.7 Å². The lowest BCUT2D eigenvalue weighted by Crippen LogP contribution is -2.06. The molecule has 0 heterocycles. The Bertz CT molecular complexity index is 633. The van der Waals surface area contributed by atoms with E-state index in [0.29, 0.717) is 5.56 Å². The molecular formula is C16H15BrO2. The molecule has 19 heavy (non-hydrogen) atoms. The zero-order chi connectivity index (χ0) is 14.0. The normalized spacial score (nSPS) is 10.3. The number of hydrogen-bond acceptors (Lipinski definition) is 2. The van der Waals surface area contributed by atoms with E-state index < -0.39 is 0 Å². The highest BCUT2D eigenvalue weighted by Gasteiger charge is 2.14. The predicted octanol–water partition coefficient (Wildman–Crippen LogP) is 4.31. The molecule has 2 aromatic carbocycles. The smallest absolute Gasteiger partial charge is 0.193 e. The van der Waals surface area contributed by atoms with Crippen molar-refractivity contribution in [3.05, 3.63) is 63.1 Å². The number of benzene rings is 2. The summed E-state index contributed by atoms with van der Waals surface area (Å²) in [7, 11) is 1.62. The highest BCUT2D eigenvalue weighted by Crippen LogP contribution is 2.23. The summed E-state index contributed by atoms with van der Waals surface area (Å²) >= 11 is 3.41. The van der Waals surface area contributed by atoms with Crippen molar-refractivity contribution < 1.29 is 9.53 Å². The molecule has 0 N–H and O–H groups in total. The van der Waals surface area contributed by atoms with Crippen molar-refractivity contribution in [3.8, 4) is 5.75 Å². The van der Waals surface area contributed by atoms with Gasteiger partial charge in [-0.25, -0.2) is 0 Å². The molecular weight excluding hydrogens is 304 g/mol. The van der Waals surface area contributed by atoms with Gasteiger partial charge in [0, 0.05) is 15.6 Å². The first-order valence-electron chi connectivity index (χ1n) is 5.98. The molecule has 0 spiro atoms. The number of carbonyl (C=O) groups is 1. The lowest BCUT2D eigenvalue weighted by molar-refractivity contribution is 0.103. The fourth-order valence-electron chi connectivity index (χ4n) is 2.04. The van der Waals surface area contributed by atoms with Crippen molar-refractivity contribution in [1.29, 1.82) is 0 Å². The molecule has 0 bridgehead atoms. The molecule has 0 fully saturated rings. The summed E-state index contributed by atoms with van der Waals surface area (Å²) in [6.07, 6.45) is 0. The summed E-state index contributed by atoms with van der Waals surface area (Å²) in [6.45, 7) is 3.86. The van der Waals surface area contributed by atoms with Gasteiger partial charge in [-0.1, -0.05) is 15.9 Å². The lowest BCUT2D eigenvalue weighted by atomic mass is 9.96. The summed E-state index contributed by atoms with van der Waals surface area (Å²) in [5.74, 6) is 0.812. The zero-order valence-corrected chi connectivity index (χ0v) is 12.7. The van der Waals surface area contributed by atoms with Crippen LogP contribution in [0.5, 0.6) is 5.75 Å². The Morgan fingerprint density at radius 1 is 1.00 bits per heavy atom. The van der Waals surface area contributed by atoms with E-state index in [-0.39, 0.29) is 5.78 Å². The Balaban J connectivity index is 2.44. The van der Waals surface area contributed by atoms with Crippen LogP contribution in [0.2, 0.25) is 0 Å². The zero-order valence-electron chi connectivity index (χ0n) is 11.2. The van der Waals surface area contributed by atoms with E-state index in [1.807, 2.05) is 50.2 Å². The van der Waals surface area contributed by atoms with Crippen LogP contribution in [-0.2, 0) is 0 Å². The van der Waals surface area contributed by atoms with E-state index in [4.69, 9.17) is 4.74 Å². The van der Waals surface area contributed by atoms with Crippen LogP contribution < -0.4 is 4.74 Å². The minimum absolute atomic E-state index is 0.0464. The van der Waals surface area contributed by atoms with E-state index in [0.717, 1.165) is 26.9 Å². The van der Waals surface area contributed by atoms with E-state index in [2.05, 4.69) is 15.9 Å². The van der Waals surface area contributed by atoms with Gasteiger partial charge in [-0.2, -0.15) is 0 Å². The Morgan fingerprint density at radius 3 is 2.11 bits per heavy atom. The second-order valence-corrected chi connectivity index (χ2v) is 5.38. The van der Waals surface area contributed by atoms with E-state index in [1.54, 1.807) is 7.11 Å². The molecule has 2 nitrogen and oxygen atoms in total. The van der Waals surface area contributed by atoms with Crippen molar-refractivity contribution in [1.82, 2.24) is 0 Å². The Morgan fingerprint density at radius 2 is 1.58 bits per heavy atom. The molecule has 2 aromatic rings. The first kappa shape index (κ1) is 13.8. The molecule has 0 aliphatic carbocycles. The van der Waals surface area contributed by atoms with Gasteiger partial charge in [-0.05, 0) is 61.4 Å². The summed E-state index contributed by atoms with van der Waals surface area (Å²) < 4.78 is 6.14.